The molecule has 1 atom stereocenters. The van der Waals surface area contributed by atoms with E-state index in [-0.39, 0.29) is 6.09 Å². The lowest BCUT2D eigenvalue weighted by Gasteiger charge is -2.35. The lowest BCUT2D eigenvalue weighted by molar-refractivity contribution is 0.0170. The number of carbonyl (C=O) groups excluding carboxylic acids is 1. The molecule has 6 nitrogen and oxygen atoms in total. The number of hydrogen-bond acceptors (Lipinski definition) is 5. The molecule has 1 aromatic heterocycles. The summed E-state index contributed by atoms with van der Waals surface area (Å²) in [6.45, 7) is 9.77. The maximum atomic E-state index is 12.2. The largest absolute Gasteiger partial charge is 0.444 e. The highest BCUT2D eigenvalue weighted by Crippen LogP contribution is 2.22. The Morgan fingerprint density at radius 3 is 2.83 bits per heavy atom. The van der Waals surface area contributed by atoms with Gasteiger partial charge in [0.1, 0.15) is 10.8 Å². The first-order chi connectivity index (χ1) is 11.2. The third-order valence-corrected chi connectivity index (χ3v) is 4.32. The molecular weight excluding hydrogens is 328 g/mol. The molecule has 1 aliphatic rings. The Morgan fingerprint density at radius 1 is 1.50 bits per heavy atom. The van der Waals surface area contributed by atoms with E-state index in [0.717, 1.165) is 31.5 Å². The average Bonchev–Trinajstić information content (AvgIpc) is 2.48. The smallest absolute Gasteiger partial charge is 0.410 e. The van der Waals surface area contributed by atoms with Crippen LogP contribution < -0.4 is 4.90 Å². The fraction of sp³-hybridized carbons (Fsp3) is 0.706. The molecule has 1 fully saturated rings. The Kier molecular flexibility index (Phi) is 5.91. The van der Waals surface area contributed by atoms with Crippen LogP contribution in [-0.2, 0) is 4.74 Å². The van der Waals surface area contributed by atoms with Crippen LogP contribution in [0.2, 0.25) is 5.15 Å². The fourth-order valence-corrected chi connectivity index (χ4v) is 2.90. The van der Waals surface area contributed by atoms with Gasteiger partial charge in [0.05, 0.1) is 0 Å². The van der Waals surface area contributed by atoms with Gasteiger partial charge in [0.25, 0.3) is 0 Å². The Morgan fingerprint density at radius 2 is 2.21 bits per heavy atom. The van der Waals surface area contributed by atoms with Crippen LogP contribution in [0.3, 0.4) is 0 Å². The van der Waals surface area contributed by atoms with E-state index < -0.39 is 5.60 Å². The first kappa shape index (κ1) is 18.8. The van der Waals surface area contributed by atoms with Crippen LogP contribution >= 0.6 is 11.6 Å². The maximum Gasteiger partial charge on any atom is 0.410 e. The minimum atomic E-state index is -0.465. The van der Waals surface area contributed by atoms with Crippen molar-refractivity contribution in [2.75, 3.05) is 31.6 Å². The Hall–Kier alpha value is -1.56. The van der Waals surface area contributed by atoms with Gasteiger partial charge in [-0.25, -0.2) is 14.8 Å². The quantitative estimate of drug-likeness (QED) is 0.777. The molecule has 2 heterocycles. The number of ether oxygens (including phenoxy) is 1. The third-order valence-electron chi connectivity index (χ3n) is 3.94. The standard InChI is InChI=1S/C17H27ClN4O2/c1-12-9-19-15(20-14(12)18)21(5)10-13-7-6-8-22(11-13)16(23)24-17(2,3)4/h9,13H,6-8,10-11H2,1-5H3. The molecule has 24 heavy (non-hydrogen) atoms. The van der Waals surface area contributed by atoms with E-state index in [9.17, 15) is 4.79 Å². The van der Waals surface area contributed by atoms with Crippen LogP contribution in [-0.4, -0.2) is 53.2 Å². The molecule has 1 aromatic rings. The second kappa shape index (κ2) is 7.55. The topological polar surface area (TPSA) is 58.6 Å². The number of aryl methyl sites for hydroxylation is 1. The molecule has 7 heteroatoms. The van der Waals surface area contributed by atoms with Crippen LogP contribution in [0, 0.1) is 12.8 Å². The summed E-state index contributed by atoms with van der Waals surface area (Å²) in [5.41, 5.74) is 0.399. The second-order valence-electron chi connectivity index (χ2n) is 7.46. The molecule has 0 radical (unpaired) electrons. The zero-order valence-corrected chi connectivity index (χ0v) is 15.9. The molecule has 1 aliphatic heterocycles. The summed E-state index contributed by atoms with van der Waals surface area (Å²) in [5, 5.41) is 0.478. The number of aromatic nitrogens is 2. The van der Waals surface area contributed by atoms with Crippen molar-refractivity contribution in [1.82, 2.24) is 14.9 Å². The number of amides is 1. The zero-order chi connectivity index (χ0) is 17.9. The summed E-state index contributed by atoms with van der Waals surface area (Å²) < 4.78 is 5.48. The normalized spacial score (nSPS) is 18.4. The Balaban J connectivity index is 1.94. The average molecular weight is 355 g/mol. The van der Waals surface area contributed by atoms with Gasteiger partial charge in [0.15, 0.2) is 0 Å². The van der Waals surface area contributed by atoms with E-state index >= 15 is 0 Å². The molecule has 1 amide bonds. The Labute approximate surface area is 149 Å². The zero-order valence-electron chi connectivity index (χ0n) is 15.2. The van der Waals surface area contributed by atoms with E-state index in [4.69, 9.17) is 16.3 Å². The van der Waals surface area contributed by atoms with Crippen LogP contribution in [0.4, 0.5) is 10.7 Å². The van der Waals surface area contributed by atoms with E-state index in [1.807, 2.05) is 39.6 Å². The molecular formula is C17H27ClN4O2. The van der Waals surface area contributed by atoms with Crippen LogP contribution in [0.15, 0.2) is 6.20 Å². The molecule has 134 valence electrons. The van der Waals surface area contributed by atoms with Gasteiger partial charge in [0, 0.05) is 38.4 Å². The van der Waals surface area contributed by atoms with Crippen molar-refractivity contribution in [1.29, 1.82) is 0 Å². The van der Waals surface area contributed by atoms with Gasteiger partial charge in [0.2, 0.25) is 5.95 Å². The number of halogens is 1. The van der Waals surface area contributed by atoms with Crippen molar-refractivity contribution in [3.8, 4) is 0 Å². The number of carbonyl (C=O) groups is 1. The van der Waals surface area contributed by atoms with Gasteiger partial charge in [-0.15, -0.1) is 0 Å². The summed E-state index contributed by atoms with van der Waals surface area (Å²) in [6.07, 6.45) is 3.55. The van der Waals surface area contributed by atoms with E-state index in [1.165, 1.54) is 0 Å². The molecule has 0 N–H and O–H groups in total. The van der Waals surface area contributed by atoms with E-state index in [0.29, 0.717) is 23.6 Å². The SMILES string of the molecule is Cc1cnc(N(C)CC2CCCN(C(=O)OC(C)(C)C)C2)nc1Cl. The molecule has 2 rings (SSSR count). The second-order valence-corrected chi connectivity index (χ2v) is 7.82. The maximum absolute atomic E-state index is 12.2. The van der Waals surface area contributed by atoms with Crippen LogP contribution in [0.25, 0.3) is 0 Å². The first-order valence-electron chi connectivity index (χ1n) is 8.34. The summed E-state index contributed by atoms with van der Waals surface area (Å²) in [5.74, 6) is 0.972. The highest BCUT2D eigenvalue weighted by molar-refractivity contribution is 6.30. The van der Waals surface area contributed by atoms with E-state index in [1.54, 1.807) is 11.1 Å². The number of rotatable bonds is 3. The van der Waals surface area contributed by atoms with Crippen molar-refractivity contribution in [2.45, 2.75) is 46.1 Å². The van der Waals surface area contributed by atoms with Crippen molar-refractivity contribution in [2.24, 2.45) is 5.92 Å². The van der Waals surface area contributed by atoms with Gasteiger partial charge in [-0.3, -0.25) is 0 Å². The van der Waals surface area contributed by atoms with Crippen molar-refractivity contribution < 1.29 is 9.53 Å². The van der Waals surface area contributed by atoms with Gasteiger partial charge >= 0.3 is 6.09 Å². The van der Waals surface area contributed by atoms with Crippen molar-refractivity contribution in [3.63, 3.8) is 0 Å². The molecule has 0 saturated carbocycles. The molecule has 0 bridgehead atoms. The monoisotopic (exact) mass is 354 g/mol. The van der Waals surface area contributed by atoms with Gasteiger partial charge < -0.3 is 14.5 Å². The van der Waals surface area contributed by atoms with Crippen LogP contribution in [0.1, 0.15) is 39.2 Å². The van der Waals surface area contributed by atoms with Crippen LogP contribution in [0.5, 0.6) is 0 Å². The molecule has 1 unspecified atom stereocenters. The fourth-order valence-electron chi connectivity index (χ4n) is 2.77. The number of anilines is 1. The minimum Gasteiger partial charge on any atom is -0.444 e. The first-order valence-corrected chi connectivity index (χ1v) is 8.71. The van der Waals surface area contributed by atoms with Gasteiger partial charge in [-0.05, 0) is 46.5 Å². The molecule has 1 saturated heterocycles. The number of hydrogen-bond donors (Lipinski definition) is 0. The van der Waals surface area contributed by atoms with Crippen molar-refractivity contribution >= 4 is 23.6 Å². The number of likely N-dealkylation sites (tertiary alicyclic amines) is 1. The van der Waals surface area contributed by atoms with Gasteiger partial charge in [-0.1, -0.05) is 11.6 Å². The Bertz CT molecular complexity index is 588. The van der Waals surface area contributed by atoms with Crippen molar-refractivity contribution in [3.05, 3.63) is 16.9 Å². The molecule has 0 aliphatic carbocycles. The highest BCUT2D eigenvalue weighted by atomic mass is 35.5. The number of piperidine rings is 1. The highest BCUT2D eigenvalue weighted by Gasteiger charge is 2.28. The predicted molar refractivity (Wildman–Crippen MR) is 95.6 cm³/mol. The summed E-state index contributed by atoms with van der Waals surface area (Å²) >= 11 is 6.08. The lowest BCUT2D eigenvalue weighted by Crippen LogP contribution is -2.45. The summed E-state index contributed by atoms with van der Waals surface area (Å²) in [4.78, 5) is 24.7. The van der Waals surface area contributed by atoms with E-state index in [2.05, 4.69) is 9.97 Å². The minimum absolute atomic E-state index is 0.232. The number of nitrogens with zero attached hydrogens (tertiary/aromatic N) is 4. The predicted octanol–water partition coefficient (Wildman–Crippen LogP) is 3.52. The lowest BCUT2D eigenvalue weighted by atomic mass is 9.98. The molecule has 0 aromatic carbocycles. The summed E-state index contributed by atoms with van der Waals surface area (Å²) in [6, 6.07) is 0. The van der Waals surface area contributed by atoms with Gasteiger partial charge in [-0.2, -0.15) is 0 Å². The third kappa shape index (κ3) is 5.23. The summed E-state index contributed by atoms with van der Waals surface area (Å²) in [7, 11) is 1.95. The molecule has 0 spiro atoms.